The molecule has 13 nitrogen and oxygen atoms in total. The lowest BCUT2D eigenvalue weighted by Crippen LogP contribution is -2.24. The van der Waals surface area contributed by atoms with E-state index in [2.05, 4.69) is 4.84 Å². The van der Waals surface area contributed by atoms with Crippen LogP contribution in [0.5, 0.6) is 5.75 Å². The Morgan fingerprint density at radius 1 is 1.14 bits per heavy atom. The average Bonchev–Trinajstić information content (AvgIpc) is 2.60. The molecular weight excluding hydrogens is 384 g/mol. The molecule has 0 saturated heterocycles. The van der Waals surface area contributed by atoms with Crippen LogP contribution in [0.3, 0.4) is 0 Å². The Kier molecular flexibility index (Phi) is 9.09. The van der Waals surface area contributed by atoms with Crippen LogP contribution >= 0.6 is 0 Å². The largest absolute Gasteiger partial charge is 0.516 e. The van der Waals surface area contributed by atoms with Crippen molar-refractivity contribution < 1.29 is 43.8 Å². The number of esters is 1. The van der Waals surface area contributed by atoms with Crippen LogP contribution in [-0.2, 0) is 19.1 Å². The molecule has 2 atom stereocenters. The quantitative estimate of drug-likeness (QED) is 0.187. The van der Waals surface area contributed by atoms with E-state index in [0.29, 0.717) is 0 Å². The molecule has 13 heteroatoms. The Morgan fingerprint density at radius 2 is 1.79 bits per heavy atom. The SMILES string of the molecule is CC(OC(=O)CCC[C@@H](O)CO[N+](=O)[O-])OC(=O)Oc1ccc([N+](=O)[O-])cc1. The van der Waals surface area contributed by atoms with E-state index >= 15 is 0 Å². The number of carbonyl (C=O) groups excluding carboxylic acids is 2. The molecule has 0 aromatic heterocycles. The van der Waals surface area contributed by atoms with Crippen LogP contribution in [-0.4, -0.2) is 46.2 Å². The maximum Gasteiger partial charge on any atom is 0.516 e. The van der Waals surface area contributed by atoms with Crippen molar-refractivity contribution in [3.05, 3.63) is 44.5 Å². The Balaban J connectivity index is 2.27. The van der Waals surface area contributed by atoms with Gasteiger partial charge in [-0.05, 0) is 25.0 Å². The van der Waals surface area contributed by atoms with E-state index in [4.69, 9.17) is 14.2 Å². The van der Waals surface area contributed by atoms with Gasteiger partial charge >= 0.3 is 12.1 Å². The first-order valence-electron chi connectivity index (χ1n) is 7.95. The topological polar surface area (TPSA) is 178 Å². The molecule has 1 N–H and O–H groups in total. The zero-order valence-corrected chi connectivity index (χ0v) is 14.7. The number of carbonyl (C=O) groups is 2. The highest BCUT2D eigenvalue weighted by Gasteiger charge is 2.17. The van der Waals surface area contributed by atoms with Crippen molar-refractivity contribution >= 4 is 17.8 Å². The first-order valence-corrected chi connectivity index (χ1v) is 7.95. The van der Waals surface area contributed by atoms with Crippen molar-refractivity contribution in [2.45, 2.75) is 38.6 Å². The molecule has 154 valence electrons. The van der Waals surface area contributed by atoms with Gasteiger partial charge in [-0.3, -0.25) is 14.9 Å². The first-order chi connectivity index (χ1) is 13.2. The smallest absolute Gasteiger partial charge is 0.425 e. The second kappa shape index (κ2) is 11.3. The van der Waals surface area contributed by atoms with Gasteiger partial charge < -0.3 is 24.2 Å². The molecule has 0 bridgehead atoms. The number of aliphatic hydroxyl groups excluding tert-OH is 1. The minimum Gasteiger partial charge on any atom is -0.425 e. The number of aliphatic hydroxyl groups is 1. The minimum absolute atomic E-state index is 0.0000530. The van der Waals surface area contributed by atoms with Gasteiger partial charge in [0.15, 0.2) is 0 Å². The highest BCUT2D eigenvalue weighted by molar-refractivity contribution is 5.70. The van der Waals surface area contributed by atoms with Gasteiger partial charge in [-0.1, -0.05) is 0 Å². The summed E-state index contributed by atoms with van der Waals surface area (Å²) in [5, 5.41) is 28.9. The Morgan fingerprint density at radius 3 is 2.36 bits per heavy atom. The summed E-state index contributed by atoms with van der Waals surface area (Å²) in [7, 11) is 0. The number of rotatable bonds is 11. The third kappa shape index (κ3) is 9.28. The van der Waals surface area contributed by atoms with E-state index < -0.39 is 41.1 Å². The van der Waals surface area contributed by atoms with E-state index in [1.54, 1.807) is 0 Å². The van der Waals surface area contributed by atoms with Crippen LogP contribution in [0, 0.1) is 20.2 Å². The van der Waals surface area contributed by atoms with Crippen LogP contribution in [0.15, 0.2) is 24.3 Å². The number of benzene rings is 1. The van der Waals surface area contributed by atoms with E-state index in [1.165, 1.54) is 19.1 Å². The lowest BCUT2D eigenvalue weighted by Gasteiger charge is -2.14. The van der Waals surface area contributed by atoms with E-state index in [0.717, 1.165) is 12.1 Å². The number of hydrogen-bond donors (Lipinski definition) is 1. The molecule has 0 saturated carbocycles. The predicted molar refractivity (Wildman–Crippen MR) is 88.6 cm³/mol. The van der Waals surface area contributed by atoms with Gasteiger partial charge in [0, 0.05) is 25.5 Å². The van der Waals surface area contributed by atoms with Gasteiger partial charge in [-0.25, -0.2) is 4.79 Å². The maximum absolute atomic E-state index is 11.6. The van der Waals surface area contributed by atoms with Crippen molar-refractivity contribution in [2.75, 3.05) is 6.61 Å². The van der Waals surface area contributed by atoms with E-state index in [-0.39, 0.29) is 30.7 Å². The number of nitrogens with zero attached hydrogens (tertiary/aromatic N) is 2. The zero-order valence-electron chi connectivity index (χ0n) is 14.7. The molecule has 0 aliphatic heterocycles. The molecule has 0 spiro atoms. The van der Waals surface area contributed by atoms with Crippen molar-refractivity contribution in [3.63, 3.8) is 0 Å². The first kappa shape index (κ1) is 22.6. The molecule has 0 radical (unpaired) electrons. The van der Waals surface area contributed by atoms with Gasteiger partial charge in [-0.2, -0.15) is 0 Å². The zero-order chi connectivity index (χ0) is 21.1. The Bertz CT molecular complexity index is 692. The van der Waals surface area contributed by atoms with Gasteiger partial charge in [0.05, 0.1) is 11.0 Å². The van der Waals surface area contributed by atoms with Gasteiger partial charge in [0.25, 0.3) is 10.8 Å². The minimum atomic E-state index is -1.26. The number of hydrogen-bond acceptors (Lipinski definition) is 11. The molecule has 28 heavy (non-hydrogen) atoms. The third-order valence-electron chi connectivity index (χ3n) is 3.10. The monoisotopic (exact) mass is 402 g/mol. The summed E-state index contributed by atoms with van der Waals surface area (Å²) in [6, 6.07) is 4.67. The average molecular weight is 402 g/mol. The maximum atomic E-state index is 11.6. The lowest BCUT2D eigenvalue weighted by molar-refractivity contribution is -0.759. The normalized spacial score (nSPS) is 12.4. The van der Waals surface area contributed by atoms with Crippen molar-refractivity contribution in [1.82, 2.24) is 0 Å². The summed E-state index contributed by atoms with van der Waals surface area (Å²) in [6.07, 6.45) is -3.44. The summed E-state index contributed by atoms with van der Waals surface area (Å²) in [4.78, 5) is 47.1. The number of nitro benzene ring substituents is 1. The highest BCUT2D eigenvalue weighted by atomic mass is 17.0. The second-order valence-electron chi connectivity index (χ2n) is 5.34. The Hall–Kier alpha value is -3.48. The molecular formula is C15H18N2O11. The molecule has 1 aromatic carbocycles. The Labute approximate surface area is 158 Å². The van der Waals surface area contributed by atoms with Crippen LogP contribution in [0.25, 0.3) is 0 Å². The van der Waals surface area contributed by atoms with Crippen molar-refractivity contribution in [1.29, 1.82) is 0 Å². The summed E-state index contributed by atoms with van der Waals surface area (Å²) in [5.74, 6) is -0.724. The molecule has 1 unspecified atom stereocenters. The molecule has 0 heterocycles. The summed E-state index contributed by atoms with van der Waals surface area (Å²) >= 11 is 0. The summed E-state index contributed by atoms with van der Waals surface area (Å²) < 4.78 is 14.3. The van der Waals surface area contributed by atoms with Crippen LogP contribution in [0.2, 0.25) is 0 Å². The summed E-state index contributed by atoms with van der Waals surface area (Å²) in [6.45, 7) is 0.769. The third-order valence-corrected chi connectivity index (χ3v) is 3.10. The number of nitro groups is 1. The van der Waals surface area contributed by atoms with E-state index in [9.17, 15) is 34.9 Å². The fourth-order valence-electron chi connectivity index (χ4n) is 1.87. The van der Waals surface area contributed by atoms with Crippen molar-refractivity contribution in [3.8, 4) is 5.75 Å². The van der Waals surface area contributed by atoms with Gasteiger partial charge in [0.1, 0.15) is 12.4 Å². The fourth-order valence-corrected chi connectivity index (χ4v) is 1.87. The fraction of sp³-hybridized carbons (Fsp3) is 0.467. The van der Waals surface area contributed by atoms with Gasteiger partial charge in [-0.15, -0.1) is 10.1 Å². The number of ether oxygens (including phenoxy) is 3. The van der Waals surface area contributed by atoms with Gasteiger partial charge in [0.2, 0.25) is 6.29 Å². The molecule has 0 aliphatic carbocycles. The van der Waals surface area contributed by atoms with Crippen LogP contribution in [0.1, 0.15) is 26.2 Å². The second-order valence-corrected chi connectivity index (χ2v) is 5.34. The molecule has 0 amide bonds. The van der Waals surface area contributed by atoms with Crippen LogP contribution in [0.4, 0.5) is 10.5 Å². The molecule has 1 aromatic rings. The van der Waals surface area contributed by atoms with E-state index in [1.807, 2.05) is 0 Å². The standard InChI is InChI=1S/C15H18N2O11/c1-10(26-14(19)4-2-3-12(18)9-25-17(23)24)27-15(20)28-13-7-5-11(6-8-13)16(21)22/h5-8,10,12,18H,2-4,9H2,1H3/t10?,12-/m1/s1. The van der Waals surface area contributed by atoms with Crippen LogP contribution < -0.4 is 4.74 Å². The molecule has 0 fully saturated rings. The molecule has 0 aliphatic rings. The lowest BCUT2D eigenvalue weighted by atomic mass is 10.1. The number of non-ortho nitro benzene ring substituents is 1. The predicted octanol–water partition coefficient (Wildman–Crippen LogP) is 1.74. The highest BCUT2D eigenvalue weighted by Crippen LogP contribution is 2.18. The molecule has 1 rings (SSSR count). The summed E-state index contributed by atoms with van der Waals surface area (Å²) in [5.41, 5.74) is -0.182. The van der Waals surface area contributed by atoms with Crippen molar-refractivity contribution in [2.24, 2.45) is 0 Å².